The second kappa shape index (κ2) is 6.07. The van der Waals surface area contributed by atoms with E-state index in [2.05, 4.69) is 4.18 Å². The zero-order valence-corrected chi connectivity index (χ0v) is 11.7. The van der Waals surface area contributed by atoms with Crippen molar-refractivity contribution in [2.75, 3.05) is 0 Å². The maximum Gasteiger partial charge on any atom is 0.370 e. The minimum Gasteiger partial charge on any atom is -0.370 e. The highest BCUT2D eigenvalue weighted by molar-refractivity contribution is 8.70. The lowest BCUT2D eigenvalue weighted by Gasteiger charge is -2.06. The highest BCUT2D eigenvalue weighted by Crippen LogP contribution is 2.35. The van der Waals surface area contributed by atoms with Crippen LogP contribution in [0, 0.1) is 17.0 Å². The van der Waals surface area contributed by atoms with Crippen molar-refractivity contribution in [3.05, 3.63) is 39.1 Å². The lowest BCUT2D eigenvalue weighted by atomic mass is 10.2. The summed E-state index contributed by atoms with van der Waals surface area (Å²) in [5, 5.41) is 10.7. The van der Waals surface area contributed by atoms with E-state index < -0.39 is 14.1 Å². The molecular formula is C9H6ClNO6S2. The number of rotatable bonds is 5. The van der Waals surface area contributed by atoms with Gasteiger partial charge in [0.15, 0.2) is 12.2 Å². The predicted octanol–water partition coefficient (Wildman–Crippen LogP) is 2.26. The van der Waals surface area contributed by atoms with Crippen LogP contribution in [-0.4, -0.2) is 19.3 Å². The second-order valence-corrected chi connectivity index (χ2v) is 6.88. The van der Waals surface area contributed by atoms with Crippen LogP contribution in [0.4, 0.5) is 5.69 Å². The third-order valence-electron chi connectivity index (χ3n) is 1.90. The average Bonchev–Trinajstić information content (AvgIpc) is 2.31. The van der Waals surface area contributed by atoms with Gasteiger partial charge in [0, 0.05) is 27.8 Å². The van der Waals surface area contributed by atoms with Crippen LogP contribution >= 0.6 is 22.4 Å². The quantitative estimate of drug-likeness (QED) is 0.269. The Kier molecular flexibility index (Phi) is 4.96. The summed E-state index contributed by atoms with van der Waals surface area (Å²) < 4.78 is 27.0. The molecule has 0 bridgehead atoms. The Balaban J connectivity index is 3.20. The standard InChI is InChI=1S/C9H6ClNO6S2/c1-6-8(10)4-7(11(13)14)5-9(6)18-19(15,16)17-3-2-12/h3-5H,1H3. The van der Waals surface area contributed by atoms with Gasteiger partial charge in [0.25, 0.3) is 5.69 Å². The van der Waals surface area contributed by atoms with Crippen molar-refractivity contribution in [1.82, 2.24) is 0 Å². The number of non-ortho nitro benzene ring substituents is 1. The van der Waals surface area contributed by atoms with Crippen LogP contribution in [0.5, 0.6) is 0 Å². The molecule has 1 aromatic rings. The van der Waals surface area contributed by atoms with Gasteiger partial charge in [-0.3, -0.25) is 10.1 Å². The monoisotopic (exact) mass is 323 g/mol. The molecule has 0 aliphatic rings. The maximum atomic E-state index is 11.4. The van der Waals surface area contributed by atoms with Gasteiger partial charge in [-0.25, -0.2) is 4.79 Å². The summed E-state index contributed by atoms with van der Waals surface area (Å²) in [6.45, 7) is 1.50. The molecule has 0 aliphatic heterocycles. The number of carbonyl (C=O) groups excluding carboxylic acids is 1. The van der Waals surface area contributed by atoms with Gasteiger partial charge in [0.1, 0.15) is 0 Å². The first-order valence-electron chi connectivity index (χ1n) is 4.53. The van der Waals surface area contributed by atoms with E-state index in [-0.39, 0.29) is 26.4 Å². The van der Waals surface area contributed by atoms with Crippen molar-refractivity contribution in [3.63, 3.8) is 0 Å². The number of nitro benzene ring substituents is 1. The molecule has 7 nitrogen and oxygen atoms in total. The molecule has 0 N–H and O–H groups in total. The van der Waals surface area contributed by atoms with Crippen LogP contribution in [0.25, 0.3) is 0 Å². The summed E-state index contributed by atoms with van der Waals surface area (Å²) in [5.74, 6) is 1.14. The molecule has 0 radical (unpaired) electrons. The van der Waals surface area contributed by atoms with Gasteiger partial charge in [-0.1, -0.05) is 11.6 Å². The lowest BCUT2D eigenvalue weighted by Crippen LogP contribution is -1.97. The zero-order valence-electron chi connectivity index (χ0n) is 9.32. The molecule has 102 valence electrons. The van der Waals surface area contributed by atoms with E-state index in [1.165, 1.54) is 6.92 Å². The number of halogens is 1. The van der Waals surface area contributed by atoms with Crippen LogP contribution in [0.3, 0.4) is 0 Å². The topological polar surface area (TPSA) is 104 Å². The third-order valence-corrected chi connectivity index (χ3v) is 4.82. The predicted molar refractivity (Wildman–Crippen MR) is 69.0 cm³/mol. The molecule has 0 spiro atoms. The highest BCUT2D eigenvalue weighted by Gasteiger charge is 2.20. The molecule has 19 heavy (non-hydrogen) atoms. The zero-order chi connectivity index (χ0) is 14.6. The van der Waals surface area contributed by atoms with Gasteiger partial charge in [-0.05, 0) is 12.5 Å². The van der Waals surface area contributed by atoms with Crippen molar-refractivity contribution in [1.29, 1.82) is 0 Å². The van der Waals surface area contributed by atoms with Crippen molar-refractivity contribution < 1.29 is 22.3 Å². The molecular weight excluding hydrogens is 318 g/mol. The Morgan fingerprint density at radius 2 is 2.16 bits per heavy atom. The fourth-order valence-corrected chi connectivity index (χ4v) is 3.54. The Hall–Kier alpha value is -1.54. The van der Waals surface area contributed by atoms with Crippen molar-refractivity contribution >= 4 is 43.2 Å². The van der Waals surface area contributed by atoms with Crippen LogP contribution in [-0.2, 0) is 18.1 Å². The summed E-state index contributed by atoms with van der Waals surface area (Å²) in [6.07, 6.45) is 0.330. The van der Waals surface area contributed by atoms with E-state index >= 15 is 0 Å². The molecule has 0 aromatic heterocycles. The van der Waals surface area contributed by atoms with Gasteiger partial charge < -0.3 is 4.18 Å². The number of nitrogens with zero attached hydrogens (tertiary/aromatic N) is 1. The first-order chi connectivity index (χ1) is 8.76. The molecule has 1 rings (SSSR count). The fraction of sp³-hybridized carbons (Fsp3) is 0.111. The minimum atomic E-state index is -4.16. The van der Waals surface area contributed by atoms with Gasteiger partial charge in [0.05, 0.1) is 9.95 Å². The molecule has 0 unspecified atom stereocenters. The first kappa shape index (κ1) is 15.5. The fourth-order valence-electron chi connectivity index (χ4n) is 1.04. The molecule has 0 aliphatic carbocycles. The highest BCUT2D eigenvalue weighted by atomic mass is 35.5. The van der Waals surface area contributed by atoms with Crippen molar-refractivity contribution in [2.24, 2.45) is 0 Å². The normalized spacial score (nSPS) is 10.6. The molecule has 0 saturated heterocycles. The van der Waals surface area contributed by atoms with E-state index in [0.29, 0.717) is 11.8 Å². The van der Waals surface area contributed by atoms with Gasteiger partial charge in [-0.15, -0.1) is 0 Å². The van der Waals surface area contributed by atoms with E-state index in [1.807, 2.05) is 0 Å². The Morgan fingerprint density at radius 3 is 2.68 bits per heavy atom. The Morgan fingerprint density at radius 1 is 1.53 bits per heavy atom. The number of benzene rings is 1. The number of hydrogen-bond acceptors (Lipinski definition) is 7. The van der Waals surface area contributed by atoms with Crippen LogP contribution in [0.1, 0.15) is 5.56 Å². The third kappa shape index (κ3) is 4.25. The largest absolute Gasteiger partial charge is 0.370 e. The summed E-state index contributed by atoms with van der Waals surface area (Å²) in [4.78, 5) is 19.9. The van der Waals surface area contributed by atoms with Gasteiger partial charge in [0.2, 0.25) is 0 Å². The average molecular weight is 324 g/mol. The minimum absolute atomic E-state index is 0.0403. The Bertz CT molecular complexity index is 666. The second-order valence-electron chi connectivity index (χ2n) is 3.13. The summed E-state index contributed by atoms with van der Waals surface area (Å²) in [5.41, 5.74) is -0.00115. The summed E-state index contributed by atoms with van der Waals surface area (Å²) in [6, 6.07) is 2.16. The summed E-state index contributed by atoms with van der Waals surface area (Å²) in [7, 11) is -3.95. The first-order valence-corrected chi connectivity index (χ1v) is 7.65. The molecule has 0 heterocycles. The van der Waals surface area contributed by atoms with Gasteiger partial charge >= 0.3 is 9.15 Å². The van der Waals surface area contributed by atoms with E-state index in [9.17, 15) is 23.3 Å². The van der Waals surface area contributed by atoms with E-state index in [1.54, 1.807) is 0 Å². The van der Waals surface area contributed by atoms with Gasteiger partial charge in [-0.2, -0.15) is 8.42 Å². The SMILES string of the molecule is Cc1c(Cl)cc([N+](=O)[O-])cc1SS(=O)(=O)OC=C=O. The molecule has 10 heteroatoms. The van der Waals surface area contributed by atoms with E-state index in [4.69, 9.17) is 11.6 Å². The summed E-state index contributed by atoms with van der Waals surface area (Å²) >= 11 is 5.77. The van der Waals surface area contributed by atoms with E-state index in [0.717, 1.165) is 18.1 Å². The maximum absolute atomic E-state index is 11.4. The molecule has 0 atom stereocenters. The van der Waals surface area contributed by atoms with Crippen LogP contribution in [0.15, 0.2) is 23.3 Å². The molecule has 0 amide bonds. The lowest BCUT2D eigenvalue weighted by molar-refractivity contribution is -0.385. The Labute approximate surface area is 116 Å². The van der Waals surface area contributed by atoms with Crippen LogP contribution < -0.4 is 0 Å². The van der Waals surface area contributed by atoms with Crippen molar-refractivity contribution in [3.8, 4) is 0 Å². The number of hydrogen-bond donors (Lipinski definition) is 0. The van der Waals surface area contributed by atoms with Crippen molar-refractivity contribution in [2.45, 2.75) is 11.8 Å². The molecule has 1 aromatic carbocycles. The smallest absolute Gasteiger partial charge is 0.370 e. The van der Waals surface area contributed by atoms with Crippen LogP contribution in [0.2, 0.25) is 5.02 Å². The number of nitro groups is 1. The molecule has 0 fully saturated rings. The molecule has 0 saturated carbocycles.